The highest BCUT2D eigenvalue weighted by Crippen LogP contribution is 2.29. The van der Waals surface area contributed by atoms with Crippen molar-refractivity contribution < 1.29 is 20.1 Å². The molecule has 0 aromatic carbocycles. The van der Waals surface area contributed by atoms with Gasteiger partial charge in [-0.2, -0.15) is 0 Å². The highest BCUT2D eigenvalue weighted by Gasteiger charge is 2.43. The Labute approximate surface area is 102 Å². The van der Waals surface area contributed by atoms with Crippen molar-refractivity contribution in [1.82, 2.24) is 5.32 Å². The van der Waals surface area contributed by atoms with E-state index in [-0.39, 0.29) is 0 Å². The molecule has 0 aromatic heterocycles. The second-order valence-corrected chi connectivity index (χ2v) is 5.56. The van der Waals surface area contributed by atoms with Gasteiger partial charge >= 0.3 is 0 Å². The predicted octanol–water partition coefficient (Wildman–Crippen LogP) is -1.42. The van der Waals surface area contributed by atoms with Crippen molar-refractivity contribution in [3.63, 3.8) is 0 Å². The van der Waals surface area contributed by atoms with Gasteiger partial charge in [-0.05, 0) is 27.7 Å². The number of hydrogen-bond acceptors (Lipinski definition) is 5. The molecule has 0 saturated heterocycles. The number of carbonyl (C=O) groups excluding carboxylic acids is 1. The third-order valence-electron chi connectivity index (χ3n) is 3.47. The highest BCUT2D eigenvalue weighted by atomic mass is 16.3. The van der Waals surface area contributed by atoms with Crippen molar-refractivity contribution in [1.29, 1.82) is 0 Å². The summed E-state index contributed by atoms with van der Waals surface area (Å²) in [5.74, 6) is -0.429. The maximum absolute atomic E-state index is 12.1. The molecule has 0 heterocycles. The van der Waals surface area contributed by atoms with E-state index in [4.69, 9.17) is 21.1 Å². The quantitative estimate of drug-likeness (QED) is 0.396. The standard InChI is InChI=1S/C11H24N2O4/c1-9(2,10(3,4)12)8(17)13-11(5-14,6-15)7-16/h14-16H,5-7,12H2,1-4H3,(H,13,17). The molecule has 6 N–H and O–H groups in total. The van der Waals surface area contributed by atoms with Crippen molar-refractivity contribution in [2.24, 2.45) is 11.1 Å². The highest BCUT2D eigenvalue weighted by molar-refractivity contribution is 5.84. The van der Waals surface area contributed by atoms with Gasteiger partial charge in [-0.25, -0.2) is 0 Å². The maximum atomic E-state index is 12.1. The fourth-order valence-corrected chi connectivity index (χ4v) is 0.958. The lowest BCUT2D eigenvalue weighted by atomic mass is 9.74. The number of amides is 1. The molecular formula is C11H24N2O4. The molecule has 0 aliphatic rings. The number of aliphatic hydroxyl groups excluding tert-OH is 3. The van der Waals surface area contributed by atoms with Crippen molar-refractivity contribution in [2.75, 3.05) is 19.8 Å². The minimum atomic E-state index is -1.42. The van der Waals surface area contributed by atoms with Crippen LogP contribution in [0.15, 0.2) is 0 Å². The first-order valence-electron chi connectivity index (χ1n) is 5.50. The van der Waals surface area contributed by atoms with E-state index >= 15 is 0 Å². The van der Waals surface area contributed by atoms with E-state index in [2.05, 4.69) is 5.32 Å². The van der Waals surface area contributed by atoms with Gasteiger partial charge in [0, 0.05) is 5.54 Å². The molecular weight excluding hydrogens is 224 g/mol. The molecule has 0 rings (SSSR count). The summed E-state index contributed by atoms with van der Waals surface area (Å²) in [5.41, 5.74) is 2.81. The lowest BCUT2D eigenvalue weighted by Gasteiger charge is -2.40. The smallest absolute Gasteiger partial charge is 0.228 e. The van der Waals surface area contributed by atoms with E-state index in [1.807, 2.05) is 0 Å². The fraction of sp³-hybridized carbons (Fsp3) is 0.909. The van der Waals surface area contributed by atoms with Crippen LogP contribution in [0.2, 0.25) is 0 Å². The Morgan fingerprint density at radius 1 is 1.06 bits per heavy atom. The number of rotatable bonds is 6. The Hall–Kier alpha value is -0.690. The third-order valence-corrected chi connectivity index (χ3v) is 3.47. The van der Waals surface area contributed by atoms with Crippen LogP contribution in [-0.4, -0.2) is 52.1 Å². The van der Waals surface area contributed by atoms with E-state index in [1.165, 1.54) is 0 Å². The first kappa shape index (κ1) is 16.3. The van der Waals surface area contributed by atoms with Crippen LogP contribution in [0.4, 0.5) is 0 Å². The zero-order valence-electron chi connectivity index (χ0n) is 10.9. The zero-order valence-corrected chi connectivity index (χ0v) is 10.9. The van der Waals surface area contributed by atoms with Crippen molar-refractivity contribution in [3.05, 3.63) is 0 Å². The predicted molar refractivity (Wildman–Crippen MR) is 64.2 cm³/mol. The lowest BCUT2D eigenvalue weighted by Crippen LogP contribution is -2.64. The number of hydrogen-bond donors (Lipinski definition) is 5. The summed E-state index contributed by atoms with van der Waals surface area (Å²) >= 11 is 0. The molecule has 17 heavy (non-hydrogen) atoms. The molecule has 0 aliphatic carbocycles. The Kier molecular flexibility index (Phi) is 5.09. The molecule has 0 saturated carbocycles. The zero-order chi connectivity index (χ0) is 13.9. The molecule has 0 unspecified atom stereocenters. The molecule has 0 bridgehead atoms. The topological polar surface area (TPSA) is 116 Å². The molecule has 6 heteroatoms. The molecule has 0 spiro atoms. The van der Waals surface area contributed by atoms with E-state index in [0.29, 0.717) is 0 Å². The Morgan fingerprint density at radius 2 is 1.41 bits per heavy atom. The van der Waals surface area contributed by atoms with E-state index in [9.17, 15) is 4.79 Å². The fourth-order valence-electron chi connectivity index (χ4n) is 0.958. The first-order valence-corrected chi connectivity index (χ1v) is 5.50. The van der Waals surface area contributed by atoms with Gasteiger partial charge in [-0.15, -0.1) is 0 Å². The van der Waals surface area contributed by atoms with Crippen molar-refractivity contribution in [2.45, 2.75) is 38.8 Å². The number of nitrogens with two attached hydrogens (primary N) is 1. The summed E-state index contributed by atoms with van der Waals surface area (Å²) < 4.78 is 0. The summed E-state index contributed by atoms with van der Waals surface area (Å²) in [6, 6.07) is 0. The van der Waals surface area contributed by atoms with Gasteiger partial charge in [0.15, 0.2) is 0 Å². The molecule has 102 valence electrons. The summed E-state index contributed by atoms with van der Waals surface area (Å²) in [4.78, 5) is 12.1. The number of nitrogens with one attached hydrogen (secondary N) is 1. The average molecular weight is 248 g/mol. The van der Waals surface area contributed by atoms with Gasteiger partial charge in [0.1, 0.15) is 5.54 Å². The molecule has 0 radical (unpaired) electrons. The average Bonchev–Trinajstić information content (AvgIpc) is 2.24. The SMILES string of the molecule is CC(C)(N)C(C)(C)C(=O)NC(CO)(CO)CO. The maximum Gasteiger partial charge on any atom is 0.228 e. The minimum Gasteiger partial charge on any atom is -0.394 e. The van der Waals surface area contributed by atoms with Crippen LogP contribution in [0, 0.1) is 5.41 Å². The molecule has 6 nitrogen and oxygen atoms in total. The van der Waals surface area contributed by atoms with Gasteiger partial charge < -0.3 is 26.4 Å². The molecule has 0 aliphatic heterocycles. The molecule has 0 aromatic rings. The van der Waals surface area contributed by atoms with Gasteiger partial charge in [0.2, 0.25) is 5.91 Å². The normalized spacial score (nSPS) is 13.6. The van der Waals surface area contributed by atoms with Crippen LogP contribution >= 0.6 is 0 Å². The Bertz CT molecular complexity index is 259. The van der Waals surface area contributed by atoms with E-state index in [1.54, 1.807) is 27.7 Å². The van der Waals surface area contributed by atoms with E-state index < -0.39 is 42.2 Å². The van der Waals surface area contributed by atoms with E-state index in [0.717, 1.165) is 0 Å². The van der Waals surface area contributed by atoms with Gasteiger partial charge in [-0.1, -0.05) is 0 Å². The largest absolute Gasteiger partial charge is 0.394 e. The summed E-state index contributed by atoms with van der Waals surface area (Å²) in [5, 5.41) is 29.8. The van der Waals surface area contributed by atoms with Crippen molar-refractivity contribution in [3.8, 4) is 0 Å². The van der Waals surface area contributed by atoms with Crippen molar-refractivity contribution >= 4 is 5.91 Å². The van der Waals surface area contributed by atoms with Crippen LogP contribution in [0.25, 0.3) is 0 Å². The monoisotopic (exact) mass is 248 g/mol. The number of carbonyl (C=O) groups is 1. The van der Waals surface area contributed by atoms with Crippen LogP contribution in [0.3, 0.4) is 0 Å². The summed E-state index contributed by atoms with van der Waals surface area (Å²) in [6.07, 6.45) is 0. The molecule has 0 fully saturated rings. The van der Waals surface area contributed by atoms with Gasteiger partial charge in [-0.3, -0.25) is 4.79 Å². The second-order valence-electron chi connectivity index (χ2n) is 5.56. The third kappa shape index (κ3) is 3.38. The van der Waals surface area contributed by atoms with Crippen LogP contribution in [0.5, 0.6) is 0 Å². The lowest BCUT2D eigenvalue weighted by molar-refractivity contribution is -0.136. The van der Waals surface area contributed by atoms with Crippen LogP contribution in [-0.2, 0) is 4.79 Å². The Balaban J connectivity index is 4.97. The van der Waals surface area contributed by atoms with Gasteiger partial charge in [0.05, 0.1) is 25.2 Å². The number of aliphatic hydroxyl groups is 3. The minimum absolute atomic E-state index is 0.429. The van der Waals surface area contributed by atoms with Crippen LogP contribution in [0.1, 0.15) is 27.7 Å². The van der Waals surface area contributed by atoms with Crippen LogP contribution < -0.4 is 11.1 Å². The summed E-state index contributed by atoms with van der Waals surface area (Å²) in [6.45, 7) is 5.11. The first-order chi connectivity index (χ1) is 7.56. The second kappa shape index (κ2) is 5.30. The summed E-state index contributed by atoms with van der Waals surface area (Å²) in [7, 11) is 0. The van der Waals surface area contributed by atoms with Gasteiger partial charge in [0.25, 0.3) is 0 Å². The molecule has 1 amide bonds. The molecule has 0 atom stereocenters. The Morgan fingerprint density at radius 3 is 1.65 bits per heavy atom.